The molecule has 1 aromatic heterocycles. The molecule has 1 aromatic carbocycles. The molecule has 0 amide bonds. The Morgan fingerprint density at radius 3 is 2.64 bits per heavy atom. The van der Waals surface area contributed by atoms with E-state index in [1.54, 1.807) is 12.4 Å². The second kappa shape index (κ2) is 7.90. The summed E-state index contributed by atoms with van der Waals surface area (Å²) in [5.74, 6) is 0.873. The molecule has 1 N–H and O–H groups in total. The third kappa shape index (κ3) is 3.37. The number of allylic oxidation sites excluding steroid dienone is 2. The van der Waals surface area contributed by atoms with Gasteiger partial charge in [-0.2, -0.15) is 10.2 Å². The quantitative estimate of drug-likeness (QED) is 0.688. The molecule has 2 aromatic rings. The van der Waals surface area contributed by atoms with E-state index in [0.717, 1.165) is 47.5 Å². The third-order valence-corrected chi connectivity index (χ3v) is 7.07. The van der Waals surface area contributed by atoms with Gasteiger partial charge in [0.2, 0.25) is 5.95 Å². The summed E-state index contributed by atoms with van der Waals surface area (Å²) in [7, 11) is 0. The lowest BCUT2D eigenvalue weighted by Gasteiger charge is -2.48. The molecule has 33 heavy (non-hydrogen) atoms. The molecule has 3 aliphatic rings. The van der Waals surface area contributed by atoms with Gasteiger partial charge >= 0.3 is 0 Å². The third-order valence-electron chi connectivity index (χ3n) is 7.07. The Bertz CT molecular complexity index is 1180. The monoisotopic (exact) mass is 442 g/mol. The Morgan fingerprint density at radius 1 is 1.12 bits per heavy atom. The van der Waals surface area contributed by atoms with Crippen LogP contribution in [0, 0.1) is 5.41 Å². The van der Waals surface area contributed by atoms with Crippen molar-refractivity contribution in [3.05, 3.63) is 71.3 Å². The Hall–Kier alpha value is -3.35. The second-order valence-electron chi connectivity index (χ2n) is 9.76. The van der Waals surface area contributed by atoms with Gasteiger partial charge in [-0.15, -0.1) is 0 Å². The molecule has 1 unspecified atom stereocenters. The van der Waals surface area contributed by atoms with Crippen molar-refractivity contribution in [3.8, 4) is 0 Å². The molecule has 3 heterocycles. The largest absolute Gasteiger partial charge is 0.362 e. The molecule has 0 bridgehead atoms. The maximum absolute atomic E-state index is 13.7. The van der Waals surface area contributed by atoms with Gasteiger partial charge in [-0.1, -0.05) is 32.9 Å². The van der Waals surface area contributed by atoms with Crippen LogP contribution in [0.3, 0.4) is 0 Å². The average Bonchev–Trinajstić information content (AvgIpc) is 3.27. The smallest absolute Gasteiger partial charge is 0.229 e. The molecule has 0 radical (unpaired) electrons. The lowest BCUT2D eigenvalue weighted by atomic mass is 9.59. The Kier molecular flexibility index (Phi) is 5.15. The number of nitrogens with zero attached hydrogens (tertiary/aromatic N) is 5. The van der Waals surface area contributed by atoms with Gasteiger partial charge in [0.25, 0.3) is 0 Å². The lowest BCUT2D eigenvalue weighted by Crippen LogP contribution is -2.51. The van der Waals surface area contributed by atoms with Gasteiger partial charge < -0.3 is 10.2 Å². The molecular weight excluding hydrogens is 412 g/mol. The van der Waals surface area contributed by atoms with Crippen LogP contribution in [0.4, 0.5) is 11.6 Å². The highest BCUT2D eigenvalue weighted by Gasteiger charge is 2.53. The first kappa shape index (κ1) is 21.5. The number of rotatable bonds is 5. The van der Waals surface area contributed by atoms with Gasteiger partial charge in [0.1, 0.15) is 0 Å². The summed E-state index contributed by atoms with van der Waals surface area (Å²) in [6.45, 7) is 9.29. The zero-order chi connectivity index (χ0) is 23.2. The summed E-state index contributed by atoms with van der Waals surface area (Å²) in [4.78, 5) is 24.7. The molecule has 2 aliphatic heterocycles. The van der Waals surface area contributed by atoms with Gasteiger partial charge in [-0.05, 0) is 48.9 Å². The maximum Gasteiger partial charge on any atom is 0.229 e. The second-order valence-corrected chi connectivity index (χ2v) is 9.76. The van der Waals surface area contributed by atoms with E-state index in [1.807, 2.05) is 12.3 Å². The Labute approximate surface area is 194 Å². The molecule has 170 valence electrons. The fourth-order valence-corrected chi connectivity index (χ4v) is 5.70. The lowest BCUT2D eigenvalue weighted by molar-refractivity contribution is -0.119. The van der Waals surface area contributed by atoms with Crippen LogP contribution in [0.1, 0.15) is 52.5 Å². The van der Waals surface area contributed by atoms with Crippen LogP contribution in [0.15, 0.2) is 76.0 Å². The van der Waals surface area contributed by atoms with Crippen molar-refractivity contribution in [2.75, 3.05) is 11.4 Å². The average molecular weight is 443 g/mol. The van der Waals surface area contributed by atoms with Gasteiger partial charge in [-0.3, -0.25) is 4.79 Å². The molecule has 1 aliphatic carbocycles. The highest BCUT2D eigenvalue weighted by molar-refractivity contribution is 6.01. The number of azo groups is 1. The van der Waals surface area contributed by atoms with Crippen LogP contribution in [0.5, 0.6) is 0 Å². The standard InChI is InChI=1S/C26H30N6O/c1-5-26(17-9-7-10-18(13-17)32(6-2)24-27-11-8-12-28-24)19-16-29-31-23(19)30-20-14-25(3,4)15-21(33)22(20)26/h7-13,16,23,30H,5-6,14-15H2,1-4H3/t23?,26-/m1/s1. The molecule has 0 fully saturated rings. The van der Waals surface area contributed by atoms with E-state index in [0.29, 0.717) is 12.4 Å². The summed E-state index contributed by atoms with van der Waals surface area (Å²) in [6, 6.07) is 10.3. The van der Waals surface area contributed by atoms with Crippen LogP contribution in [0.2, 0.25) is 0 Å². The zero-order valence-electron chi connectivity index (χ0n) is 19.7. The number of carbonyl (C=O) groups excluding carboxylic acids is 1. The molecule has 5 rings (SSSR count). The van der Waals surface area contributed by atoms with Crippen molar-refractivity contribution in [2.45, 2.75) is 58.5 Å². The number of aromatic nitrogens is 2. The highest BCUT2D eigenvalue weighted by atomic mass is 16.1. The molecule has 7 heteroatoms. The zero-order valence-corrected chi connectivity index (χ0v) is 19.7. The number of benzene rings is 1. The first-order valence-electron chi connectivity index (χ1n) is 11.7. The summed E-state index contributed by atoms with van der Waals surface area (Å²) in [5, 5.41) is 12.3. The number of Topliss-reactive ketones (excluding diaryl/α,β-unsaturated/α-hetero) is 1. The van der Waals surface area contributed by atoms with Crippen LogP contribution in [-0.2, 0) is 10.2 Å². The van der Waals surface area contributed by atoms with Crippen LogP contribution >= 0.6 is 0 Å². The molecule has 0 saturated carbocycles. The number of ketones is 1. The van der Waals surface area contributed by atoms with Crippen LogP contribution in [0.25, 0.3) is 0 Å². The predicted molar refractivity (Wildman–Crippen MR) is 128 cm³/mol. The SMILES string of the molecule is CCN(c1cccc([C@]2(CC)C3=CN=NC3NC3=C2C(=O)CC(C)(C)C3)c1)c1ncccn1. The predicted octanol–water partition coefficient (Wildman–Crippen LogP) is 5.20. The minimum absolute atomic E-state index is 0.0785. The summed E-state index contributed by atoms with van der Waals surface area (Å²) in [5.41, 5.74) is 4.40. The van der Waals surface area contributed by atoms with Crippen molar-refractivity contribution in [1.29, 1.82) is 0 Å². The normalized spacial score (nSPS) is 25.3. The van der Waals surface area contributed by atoms with E-state index in [9.17, 15) is 4.79 Å². The molecule has 2 atom stereocenters. The summed E-state index contributed by atoms with van der Waals surface area (Å²) in [6.07, 6.45) is 7.26. The van der Waals surface area contributed by atoms with Crippen molar-refractivity contribution in [3.63, 3.8) is 0 Å². The van der Waals surface area contributed by atoms with Gasteiger partial charge in [0.15, 0.2) is 11.9 Å². The topological polar surface area (TPSA) is 82.8 Å². The fraction of sp³-hybridized carbons (Fsp3) is 0.423. The highest BCUT2D eigenvalue weighted by Crippen LogP contribution is 2.54. The number of hydrogen-bond acceptors (Lipinski definition) is 7. The minimum atomic E-state index is -0.560. The molecule has 0 saturated heterocycles. The van der Waals surface area contributed by atoms with Crippen molar-refractivity contribution < 1.29 is 4.79 Å². The van der Waals surface area contributed by atoms with Crippen molar-refractivity contribution in [1.82, 2.24) is 15.3 Å². The van der Waals surface area contributed by atoms with E-state index >= 15 is 0 Å². The van der Waals surface area contributed by atoms with E-state index in [1.165, 1.54) is 0 Å². The van der Waals surface area contributed by atoms with Gasteiger partial charge in [-0.25, -0.2) is 9.97 Å². The number of fused-ring (bicyclic) bond motifs is 1. The van der Waals surface area contributed by atoms with Gasteiger partial charge in [0.05, 0.1) is 11.6 Å². The first-order valence-corrected chi connectivity index (χ1v) is 11.7. The van der Waals surface area contributed by atoms with Crippen LogP contribution < -0.4 is 10.2 Å². The van der Waals surface area contributed by atoms with E-state index in [4.69, 9.17) is 0 Å². The number of carbonyl (C=O) groups is 1. The van der Waals surface area contributed by atoms with Crippen molar-refractivity contribution in [2.24, 2.45) is 15.6 Å². The molecule has 7 nitrogen and oxygen atoms in total. The van der Waals surface area contributed by atoms with Crippen molar-refractivity contribution >= 4 is 17.4 Å². The summed E-state index contributed by atoms with van der Waals surface area (Å²) >= 11 is 0. The Morgan fingerprint density at radius 2 is 1.91 bits per heavy atom. The Balaban J connectivity index is 1.69. The molecular formula is C26H30N6O. The van der Waals surface area contributed by atoms with Crippen LogP contribution in [-0.4, -0.2) is 28.5 Å². The first-order chi connectivity index (χ1) is 15.9. The maximum atomic E-state index is 13.7. The van der Waals surface area contributed by atoms with Gasteiger partial charge in [0, 0.05) is 47.9 Å². The van der Waals surface area contributed by atoms with E-state index in [2.05, 4.69) is 82.4 Å². The fourth-order valence-electron chi connectivity index (χ4n) is 5.70. The number of nitrogens with one attached hydrogen (secondary N) is 1. The molecule has 0 spiro atoms. The number of hydrogen-bond donors (Lipinski definition) is 1. The van der Waals surface area contributed by atoms with E-state index in [-0.39, 0.29) is 17.4 Å². The summed E-state index contributed by atoms with van der Waals surface area (Å²) < 4.78 is 0. The minimum Gasteiger partial charge on any atom is -0.362 e. The van der Waals surface area contributed by atoms with E-state index < -0.39 is 5.41 Å². The number of anilines is 2.